The van der Waals surface area contributed by atoms with E-state index in [2.05, 4.69) is 30.9 Å². The molecule has 0 aromatic carbocycles. The van der Waals surface area contributed by atoms with Gasteiger partial charge in [-0.3, -0.25) is 24.2 Å². The minimum Gasteiger partial charge on any atom is -0.481 e. The highest BCUT2D eigenvalue weighted by molar-refractivity contribution is 7.98. The molecular formula is C21H35N9O7S. The molecule has 16 nitrogen and oxygen atoms in total. The Morgan fingerprint density at radius 2 is 1.63 bits per heavy atom. The van der Waals surface area contributed by atoms with Crippen molar-refractivity contribution in [2.75, 3.05) is 18.6 Å². The summed E-state index contributed by atoms with van der Waals surface area (Å²) in [5, 5.41) is 25.8. The minimum atomic E-state index is -1.38. The fourth-order valence-electron chi connectivity index (χ4n) is 3.20. The Morgan fingerprint density at radius 3 is 2.16 bits per heavy atom. The maximum Gasteiger partial charge on any atom is 0.326 e. The standard InChI is InChI=1S/C21H35N9O7S/c1-38-6-4-14(28-17(33)12(22)8-16(31)32)19(35)29-13(3-2-5-26-21(23)24)18(34)30-15(20(36)37)7-11-9-25-10-27-11/h9-10,12-15H,2-8,22H2,1H3,(H,25,27)(H,28,33)(H,29,35)(H,30,34)(H,31,32)(H,36,37)(H4,23,24,26). The molecule has 4 atom stereocenters. The summed E-state index contributed by atoms with van der Waals surface area (Å²) in [6, 6.07) is -5.01. The fourth-order valence-corrected chi connectivity index (χ4v) is 3.67. The van der Waals surface area contributed by atoms with Gasteiger partial charge in [-0.1, -0.05) is 0 Å². The average molecular weight is 558 g/mol. The van der Waals surface area contributed by atoms with Crippen LogP contribution in [-0.2, 0) is 30.4 Å². The molecule has 0 spiro atoms. The molecule has 0 radical (unpaired) electrons. The predicted molar refractivity (Wildman–Crippen MR) is 139 cm³/mol. The number of aliphatic carboxylic acids is 2. The van der Waals surface area contributed by atoms with Gasteiger partial charge < -0.3 is 48.3 Å². The van der Waals surface area contributed by atoms with E-state index in [0.29, 0.717) is 11.4 Å². The van der Waals surface area contributed by atoms with Crippen molar-refractivity contribution >= 4 is 47.4 Å². The molecule has 0 aliphatic heterocycles. The number of carbonyl (C=O) groups excluding carboxylic acids is 3. The second kappa shape index (κ2) is 16.8. The molecule has 0 aliphatic rings. The lowest BCUT2D eigenvalue weighted by atomic mass is 10.1. The highest BCUT2D eigenvalue weighted by Gasteiger charge is 2.30. The van der Waals surface area contributed by atoms with E-state index in [-0.39, 0.29) is 38.2 Å². The number of aliphatic imine (C=N–C) groups is 1. The van der Waals surface area contributed by atoms with Crippen LogP contribution >= 0.6 is 11.8 Å². The second-order valence-electron chi connectivity index (χ2n) is 8.24. The number of amides is 3. The third-order valence-corrected chi connectivity index (χ3v) is 5.79. The van der Waals surface area contributed by atoms with Crippen LogP contribution in [0.2, 0.25) is 0 Å². The van der Waals surface area contributed by atoms with Crippen LogP contribution in [0.5, 0.6) is 0 Å². The highest BCUT2D eigenvalue weighted by atomic mass is 32.2. The summed E-state index contributed by atoms with van der Waals surface area (Å²) in [7, 11) is 0. The molecule has 1 heterocycles. The molecule has 4 unspecified atom stereocenters. The van der Waals surface area contributed by atoms with E-state index >= 15 is 0 Å². The summed E-state index contributed by atoms with van der Waals surface area (Å²) < 4.78 is 0. The fraction of sp³-hybridized carbons (Fsp3) is 0.571. The molecule has 212 valence electrons. The number of nitrogens with one attached hydrogen (secondary N) is 4. The monoisotopic (exact) mass is 557 g/mol. The maximum atomic E-state index is 13.1. The van der Waals surface area contributed by atoms with Crippen molar-refractivity contribution in [3.8, 4) is 0 Å². The van der Waals surface area contributed by atoms with Gasteiger partial charge in [0.15, 0.2) is 5.96 Å². The van der Waals surface area contributed by atoms with E-state index in [1.165, 1.54) is 24.3 Å². The molecule has 12 N–H and O–H groups in total. The van der Waals surface area contributed by atoms with Crippen molar-refractivity contribution in [2.45, 2.75) is 56.3 Å². The van der Waals surface area contributed by atoms with Crippen LogP contribution in [0, 0.1) is 0 Å². The Balaban J connectivity index is 3.03. The molecule has 0 fully saturated rings. The largest absolute Gasteiger partial charge is 0.481 e. The summed E-state index contributed by atoms with van der Waals surface area (Å²) >= 11 is 1.40. The number of H-pyrrole nitrogens is 1. The van der Waals surface area contributed by atoms with Crippen molar-refractivity contribution in [3.63, 3.8) is 0 Å². The maximum absolute atomic E-state index is 13.1. The van der Waals surface area contributed by atoms with Gasteiger partial charge in [0.1, 0.15) is 18.1 Å². The summed E-state index contributed by atoms with van der Waals surface area (Å²) in [6.45, 7) is 0.148. The van der Waals surface area contributed by atoms with Crippen LogP contribution in [0.1, 0.15) is 31.4 Å². The number of aromatic nitrogens is 2. The molecule has 1 aromatic heterocycles. The van der Waals surface area contributed by atoms with E-state index < -0.39 is 60.2 Å². The average Bonchev–Trinajstić information content (AvgIpc) is 3.35. The Labute approximate surface area is 223 Å². The Bertz CT molecular complexity index is 970. The Morgan fingerprint density at radius 1 is 1.03 bits per heavy atom. The number of carbonyl (C=O) groups is 5. The smallest absolute Gasteiger partial charge is 0.326 e. The van der Waals surface area contributed by atoms with Gasteiger partial charge in [-0.25, -0.2) is 9.78 Å². The summed E-state index contributed by atoms with van der Waals surface area (Å²) in [4.78, 5) is 71.5. The van der Waals surface area contributed by atoms with Crippen molar-refractivity contribution in [2.24, 2.45) is 22.2 Å². The number of imidazole rings is 1. The number of rotatable bonds is 18. The van der Waals surface area contributed by atoms with E-state index in [9.17, 15) is 29.1 Å². The van der Waals surface area contributed by atoms with Gasteiger partial charge in [0, 0.05) is 24.9 Å². The summed E-state index contributed by atoms with van der Waals surface area (Å²) in [5.41, 5.74) is 16.7. The Hall–Kier alpha value is -3.86. The number of nitrogens with zero attached hydrogens (tertiary/aromatic N) is 2. The third-order valence-electron chi connectivity index (χ3n) is 5.15. The zero-order chi connectivity index (χ0) is 28.7. The van der Waals surface area contributed by atoms with Gasteiger partial charge >= 0.3 is 11.9 Å². The van der Waals surface area contributed by atoms with Crippen molar-refractivity contribution in [3.05, 3.63) is 18.2 Å². The number of guanidine groups is 1. The van der Waals surface area contributed by atoms with Gasteiger partial charge in [0.25, 0.3) is 0 Å². The van der Waals surface area contributed by atoms with Gasteiger partial charge in [-0.05, 0) is 31.3 Å². The van der Waals surface area contributed by atoms with Crippen molar-refractivity contribution in [1.29, 1.82) is 0 Å². The number of hydrogen-bond acceptors (Lipinski definition) is 9. The van der Waals surface area contributed by atoms with Crippen LogP contribution in [0.4, 0.5) is 0 Å². The zero-order valence-electron chi connectivity index (χ0n) is 20.9. The minimum absolute atomic E-state index is 0.0481. The summed E-state index contributed by atoms with van der Waals surface area (Å²) in [5.74, 6) is -4.61. The van der Waals surface area contributed by atoms with Crippen LogP contribution in [0.15, 0.2) is 17.5 Å². The van der Waals surface area contributed by atoms with Crippen molar-refractivity contribution < 1.29 is 34.2 Å². The Kier molecular flexibility index (Phi) is 14.2. The molecule has 17 heteroatoms. The number of carboxylic acid groups (broad SMARTS) is 2. The zero-order valence-corrected chi connectivity index (χ0v) is 21.7. The first kappa shape index (κ1) is 32.2. The SMILES string of the molecule is CSCCC(NC(=O)C(N)CC(=O)O)C(=O)NC(CCCN=C(N)N)C(=O)NC(Cc1cnc[nH]1)C(=O)O. The molecule has 0 bridgehead atoms. The van der Waals surface area contributed by atoms with Crippen LogP contribution in [0.25, 0.3) is 0 Å². The molecule has 38 heavy (non-hydrogen) atoms. The number of nitrogens with two attached hydrogens (primary N) is 3. The summed E-state index contributed by atoms with van der Waals surface area (Å²) in [6.07, 6.45) is 4.34. The highest BCUT2D eigenvalue weighted by Crippen LogP contribution is 2.07. The lowest BCUT2D eigenvalue weighted by molar-refractivity contribution is -0.142. The predicted octanol–water partition coefficient (Wildman–Crippen LogP) is -2.90. The van der Waals surface area contributed by atoms with Gasteiger partial charge in [0.2, 0.25) is 17.7 Å². The van der Waals surface area contributed by atoms with Crippen LogP contribution in [-0.4, -0.2) is 98.5 Å². The third kappa shape index (κ3) is 12.4. The number of carboxylic acids is 2. The molecule has 1 rings (SSSR count). The van der Waals surface area contributed by atoms with E-state index in [4.69, 9.17) is 22.3 Å². The molecule has 0 saturated carbocycles. The molecule has 0 saturated heterocycles. The molecule has 3 amide bonds. The van der Waals surface area contributed by atoms with Gasteiger partial charge in [-0.15, -0.1) is 0 Å². The quantitative estimate of drug-likeness (QED) is 0.0499. The molecular weight excluding hydrogens is 522 g/mol. The topological polar surface area (TPSA) is 281 Å². The lowest BCUT2D eigenvalue weighted by Crippen LogP contribution is -2.57. The van der Waals surface area contributed by atoms with Gasteiger partial charge in [0.05, 0.1) is 18.8 Å². The number of hydrogen-bond donors (Lipinski definition) is 9. The van der Waals surface area contributed by atoms with E-state index in [0.717, 1.165) is 0 Å². The first-order chi connectivity index (χ1) is 17.9. The van der Waals surface area contributed by atoms with E-state index in [1.54, 1.807) is 6.26 Å². The number of thioether (sulfide) groups is 1. The first-order valence-electron chi connectivity index (χ1n) is 11.6. The van der Waals surface area contributed by atoms with E-state index in [1.807, 2.05) is 0 Å². The molecule has 1 aromatic rings. The number of aromatic amines is 1. The van der Waals surface area contributed by atoms with Crippen molar-refractivity contribution in [1.82, 2.24) is 25.9 Å². The first-order valence-corrected chi connectivity index (χ1v) is 13.0. The lowest BCUT2D eigenvalue weighted by Gasteiger charge is -2.25. The molecule has 0 aliphatic carbocycles. The normalized spacial score (nSPS) is 13.8. The van der Waals surface area contributed by atoms with Gasteiger partial charge in [-0.2, -0.15) is 11.8 Å². The van der Waals surface area contributed by atoms with Crippen LogP contribution in [0.3, 0.4) is 0 Å². The van der Waals surface area contributed by atoms with Crippen LogP contribution < -0.4 is 33.2 Å². The second-order valence-corrected chi connectivity index (χ2v) is 9.22.